The van der Waals surface area contributed by atoms with Crippen molar-refractivity contribution in [3.63, 3.8) is 0 Å². The van der Waals surface area contributed by atoms with Crippen molar-refractivity contribution < 1.29 is 0 Å². The van der Waals surface area contributed by atoms with E-state index >= 15 is 0 Å². The molecule has 0 saturated carbocycles. The van der Waals surface area contributed by atoms with Crippen LogP contribution in [-0.4, -0.2) is 0 Å². The first-order valence-corrected chi connectivity index (χ1v) is 14.6. The molecule has 0 amide bonds. The average molecular weight is 565 g/mol. The molecule has 6 aromatic rings. The van der Waals surface area contributed by atoms with E-state index in [4.69, 9.17) is 12.8 Å². The summed E-state index contributed by atoms with van der Waals surface area (Å²) >= 11 is 0. The highest BCUT2D eigenvalue weighted by atomic mass is 15.1. The third-order valence-corrected chi connectivity index (χ3v) is 7.69. The Labute approximate surface area is 260 Å². The van der Waals surface area contributed by atoms with E-state index in [1.54, 1.807) is 0 Å². The Morgan fingerprint density at radius 1 is 0.386 bits per heavy atom. The second kappa shape index (κ2) is 12.5. The lowest BCUT2D eigenvalue weighted by molar-refractivity contribution is 1.27. The maximum atomic E-state index is 5.62. The number of nitrogens with zero attached hydrogens (tertiary/aromatic N) is 2. The number of aryl methyl sites for hydroxylation is 2. The molecule has 210 valence electrons. The molecule has 0 aromatic heterocycles. The molecule has 0 aliphatic heterocycles. The third-order valence-electron chi connectivity index (χ3n) is 7.69. The van der Waals surface area contributed by atoms with Gasteiger partial charge in [0, 0.05) is 45.3 Å². The highest BCUT2D eigenvalue weighted by Crippen LogP contribution is 2.38. The largest absolute Gasteiger partial charge is 0.310 e. The summed E-state index contributed by atoms with van der Waals surface area (Å²) in [6, 6.07) is 50.7. The van der Waals surface area contributed by atoms with E-state index in [2.05, 4.69) is 157 Å². The molecule has 0 atom stereocenters. The molecule has 0 saturated heterocycles. The number of hydrogen-bond acceptors (Lipinski definition) is 2. The van der Waals surface area contributed by atoms with Crippen LogP contribution in [0.5, 0.6) is 0 Å². The second-order valence-electron chi connectivity index (χ2n) is 10.8. The lowest BCUT2D eigenvalue weighted by Gasteiger charge is -2.26. The van der Waals surface area contributed by atoms with Crippen LogP contribution in [-0.2, 0) is 0 Å². The third kappa shape index (κ3) is 5.98. The van der Waals surface area contributed by atoms with E-state index in [1.807, 2.05) is 24.3 Å². The van der Waals surface area contributed by atoms with Gasteiger partial charge in [0.1, 0.15) is 0 Å². The van der Waals surface area contributed by atoms with Crippen molar-refractivity contribution in [3.05, 3.63) is 168 Å². The molecule has 2 heteroatoms. The minimum atomic E-state index is 0.863. The van der Waals surface area contributed by atoms with E-state index < -0.39 is 0 Å². The van der Waals surface area contributed by atoms with Gasteiger partial charge < -0.3 is 9.80 Å². The first-order valence-electron chi connectivity index (χ1n) is 14.6. The van der Waals surface area contributed by atoms with Crippen LogP contribution in [0.25, 0.3) is 11.1 Å². The van der Waals surface area contributed by atoms with Crippen molar-refractivity contribution in [2.45, 2.75) is 13.8 Å². The van der Waals surface area contributed by atoms with Crippen molar-refractivity contribution in [2.24, 2.45) is 0 Å². The van der Waals surface area contributed by atoms with E-state index in [-0.39, 0.29) is 0 Å². The minimum Gasteiger partial charge on any atom is -0.310 e. The predicted molar refractivity (Wildman–Crippen MR) is 187 cm³/mol. The fourth-order valence-corrected chi connectivity index (χ4v) is 5.45. The zero-order chi connectivity index (χ0) is 30.5. The maximum absolute atomic E-state index is 5.62. The van der Waals surface area contributed by atoms with Crippen molar-refractivity contribution in [2.75, 3.05) is 9.80 Å². The smallest absolute Gasteiger partial charge is 0.0464 e. The molecule has 2 nitrogen and oxygen atoms in total. The highest BCUT2D eigenvalue weighted by molar-refractivity contribution is 5.81. The van der Waals surface area contributed by atoms with Gasteiger partial charge in [0.05, 0.1) is 0 Å². The van der Waals surface area contributed by atoms with E-state index in [0.717, 1.165) is 56.4 Å². The zero-order valence-electron chi connectivity index (χ0n) is 24.9. The summed E-state index contributed by atoms with van der Waals surface area (Å²) in [5, 5.41) is 0. The fraction of sp³-hybridized carbons (Fsp3) is 0.0476. The summed E-state index contributed by atoms with van der Waals surface area (Å²) in [4.78, 5) is 4.51. The van der Waals surface area contributed by atoms with Crippen LogP contribution in [0.3, 0.4) is 0 Å². The summed E-state index contributed by atoms with van der Waals surface area (Å²) in [7, 11) is 0. The van der Waals surface area contributed by atoms with Crippen LogP contribution in [0.2, 0.25) is 0 Å². The minimum absolute atomic E-state index is 0.863. The van der Waals surface area contributed by atoms with Gasteiger partial charge in [0.15, 0.2) is 0 Å². The molecular formula is C42H32N2. The second-order valence-corrected chi connectivity index (χ2v) is 10.8. The van der Waals surface area contributed by atoms with Crippen LogP contribution < -0.4 is 9.80 Å². The molecule has 44 heavy (non-hydrogen) atoms. The Kier molecular flexibility index (Phi) is 8.00. The van der Waals surface area contributed by atoms with Crippen LogP contribution in [0.4, 0.5) is 34.1 Å². The number of anilines is 6. The van der Waals surface area contributed by atoms with Crippen LogP contribution in [0.1, 0.15) is 22.3 Å². The SMILES string of the molecule is C#Cc1ccc(N(c2ccc(-c3ccc(N(c4ccc(C#C)cc4)c4cccc(C)c4)cc3)cc2)c2cccc(C)c2)cc1. The lowest BCUT2D eigenvalue weighted by Crippen LogP contribution is -2.10. The summed E-state index contributed by atoms with van der Waals surface area (Å²) in [6.07, 6.45) is 11.2. The van der Waals surface area contributed by atoms with Gasteiger partial charge in [-0.05, 0) is 133 Å². The summed E-state index contributed by atoms with van der Waals surface area (Å²) in [5.41, 5.74) is 12.9. The first-order chi connectivity index (χ1) is 21.5. The van der Waals surface area contributed by atoms with Crippen LogP contribution >= 0.6 is 0 Å². The molecular weight excluding hydrogens is 532 g/mol. The fourth-order valence-electron chi connectivity index (χ4n) is 5.45. The van der Waals surface area contributed by atoms with Gasteiger partial charge in [0.25, 0.3) is 0 Å². The van der Waals surface area contributed by atoms with E-state index in [0.29, 0.717) is 0 Å². The molecule has 0 radical (unpaired) electrons. The topological polar surface area (TPSA) is 6.48 Å². The molecule has 0 aliphatic rings. The maximum Gasteiger partial charge on any atom is 0.0464 e. The van der Waals surface area contributed by atoms with Gasteiger partial charge in [0.2, 0.25) is 0 Å². The van der Waals surface area contributed by atoms with Gasteiger partial charge in [-0.25, -0.2) is 0 Å². The van der Waals surface area contributed by atoms with E-state index in [9.17, 15) is 0 Å². The monoisotopic (exact) mass is 564 g/mol. The van der Waals surface area contributed by atoms with Crippen molar-refractivity contribution in [3.8, 4) is 35.8 Å². The summed E-state index contributed by atoms with van der Waals surface area (Å²) in [5.74, 6) is 5.43. The first kappa shape index (κ1) is 28.2. The number of benzene rings is 6. The molecule has 0 heterocycles. The molecule has 0 N–H and O–H groups in total. The molecule has 0 unspecified atom stereocenters. The zero-order valence-corrected chi connectivity index (χ0v) is 24.9. The predicted octanol–water partition coefficient (Wildman–Crippen LogP) is 10.9. The van der Waals surface area contributed by atoms with E-state index in [1.165, 1.54) is 11.1 Å². The summed E-state index contributed by atoms with van der Waals surface area (Å²) in [6.45, 7) is 4.23. The molecule has 0 bridgehead atoms. The Bertz CT molecular complexity index is 1820. The standard InChI is InChI=1S/C42H32N2/c1-5-33-13-21-37(22-14-33)43(41-11-7-9-31(3)29-41)39-25-17-35(18-26-39)36-19-27-40(28-20-36)44(42-12-8-10-32(4)30-42)38-23-15-34(6-2)16-24-38/h1-2,7-30H,3-4H3. The molecule has 6 rings (SSSR count). The van der Waals surface area contributed by atoms with Crippen molar-refractivity contribution in [1.29, 1.82) is 0 Å². The van der Waals surface area contributed by atoms with Gasteiger partial charge >= 0.3 is 0 Å². The van der Waals surface area contributed by atoms with Gasteiger partial charge in [-0.1, -0.05) is 60.4 Å². The number of hydrogen-bond donors (Lipinski definition) is 0. The highest BCUT2D eigenvalue weighted by Gasteiger charge is 2.15. The quantitative estimate of drug-likeness (QED) is 0.178. The van der Waals surface area contributed by atoms with Gasteiger partial charge in [-0.3, -0.25) is 0 Å². The Morgan fingerprint density at radius 3 is 1.00 bits per heavy atom. The Hall–Kier alpha value is -5.96. The summed E-state index contributed by atoms with van der Waals surface area (Å²) < 4.78 is 0. The normalized spacial score (nSPS) is 10.5. The van der Waals surface area contributed by atoms with Crippen LogP contribution in [0.15, 0.2) is 146 Å². The molecule has 6 aromatic carbocycles. The van der Waals surface area contributed by atoms with Crippen molar-refractivity contribution in [1.82, 2.24) is 0 Å². The Balaban J connectivity index is 1.33. The molecule has 0 aliphatic carbocycles. The van der Waals surface area contributed by atoms with Crippen LogP contribution in [0, 0.1) is 38.5 Å². The average Bonchev–Trinajstić information content (AvgIpc) is 3.06. The molecule has 0 spiro atoms. The lowest BCUT2D eigenvalue weighted by atomic mass is 10.0. The van der Waals surface area contributed by atoms with Crippen molar-refractivity contribution >= 4 is 34.1 Å². The number of rotatable bonds is 7. The van der Waals surface area contributed by atoms with Gasteiger partial charge in [-0.2, -0.15) is 0 Å². The van der Waals surface area contributed by atoms with Gasteiger partial charge in [-0.15, -0.1) is 12.8 Å². The Morgan fingerprint density at radius 2 is 0.705 bits per heavy atom. The number of terminal acetylenes is 2. The molecule has 0 fully saturated rings.